The lowest BCUT2D eigenvalue weighted by atomic mass is 10.1. The molecule has 3 rings (SSSR count). The zero-order valence-electron chi connectivity index (χ0n) is 15.3. The van der Waals surface area contributed by atoms with Crippen molar-refractivity contribution in [2.45, 2.75) is 30.8 Å². The minimum absolute atomic E-state index is 0.0640. The Morgan fingerprint density at radius 1 is 1.08 bits per heavy atom. The minimum atomic E-state index is 0.0640. The average Bonchev–Trinajstić information content (AvgIpc) is 3.19. The van der Waals surface area contributed by atoms with Crippen LogP contribution in [-0.4, -0.2) is 31.9 Å². The molecule has 1 aliphatic rings. The van der Waals surface area contributed by atoms with Gasteiger partial charge in [-0.2, -0.15) is 0 Å². The van der Waals surface area contributed by atoms with Crippen molar-refractivity contribution in [2.75, 3.05) is 26.0 Å². The smallest absolute Gasteiger partial charge is 0.230 e. The number of methoxy groups -OCH3 is 1. The fourth-order valence-electron chi connectivity index (χ4n) is 3.29. The summed E-state index contributed by atoms with van der Waals surface area (Å²) in [6, 6.07) is 16.2. The van der Waals surface area contributed by atoms with Crippen LogP contribution in [-0.2, 0) is 17.9 Å². The Kier molecular flexibility index (Phi) is 6.97. The van der Waals surface area contributed by atoms with Gasteiger partial charge in [0.2, 0.25) is 5.91 Å². The van der Waals surface area contributed by atoms with Crippen LogP contribution in [0.1, 0.15) is 24.0 Å². The lowest BCUT2D eigenvalue weighted by Crippen LogP contribution is -3.08. The molecule has 2 N–H and O–H groups in total. The van der Waals surface area contributed by atoms with Gasteiger partial charge in [0.05, 0.1) is 26.0 Å². The number of benzene rings is 2. The van der Waals surface area contributed by atoms with Crippen molar-refractivity contribution in [1.29, 1.82) is 0 Å². The zero-order chi connectivity index (χ0) is 18.2. The number of rotatable bonds is 8. The molecule has 0 aliphatic carbocycles. The molecule has 4 nitrogen and oxygen atoms in total. The topological polar surface area (TPSA) is 42.8 Å². The van der Waals surface area contributed by atoms with E-state index in [1.54, 1.807) is 23.8 Å². The molecule has 26 heavy (non-hydrogen) atoms. The first-order chi connectivity index (χ1) is 12.7. The number of hydrogen-bond acceptors (Lipinski definition) is 3. The summed E-state index contributed by atoms with van der Waals surface area (Å²) in [5.74, 6) is 1.32. The molecule has 1 saturated heterocycles. The van der Waals surface area contributed by atoms with Crippen molar-refractivity contribution in [3.8, 4) is 5.75 Å². The maximum Gasteiger partial charge on any atom is 0.230 e. The molecule has 2 aromatic rings. The predicted octanol–water partition coefficient (Wildman–Crippen LogP) is 2.28. The number of nitrogens with one attached hydrogen (secondary N) is 2. The standard InChI is InChI=1S/C21H26N2O2S/c1-25-19-8-10-20(11-9-19)26-16-21(24)22-14-17-6-2-3-7-18(17)15-23-12-4-5-13-23/h2-3,6-11H,4-5,12-16H2,1H3,(H,22,24)/p+1. The number of thioether (sulfide) groups is 1. The lowest BCUT2D eigenvalue weighted by Gasteiger charge is -2.15. The van der Waals surface area contributed by atoms with Crippen molar-refractivity contribution in [1.82, 2.24) is 5.32 Å². The number of quaternary nitrogens is 1. The lowest BCUT2D eigenvalue weighted by molar-refractivity contribution is -0.901. The van der Waals surface area contributed by atoms with Gasteiger partial charge in [0.15, 0.2) is 0 Å². The van der Waals surface area contributed by atoms with E-state index in [1.807, 2.05) is 24.3 Å². The van der Waals surface area contributed by atoms with Crippen LogP contribution in [0.5, 0.6) is 5.75 Å². The molecular weight excluding hydrogens is 344 g/mol. The van der Waals surface area contributed by atoms with Gasteiger partial charge in [-0.3, -0.25) is 4.79 Å². The molecule has 1 heterocycles. The third-order valence-corrected chi connectivity index (χ3v) is 5.79. The summed E-state index contributed by atoms with van der Waals surface area (Å²) in [4.78, 5) is 14.9. The van der Waals surface area contributed by atoms with Gasteiger partial charge < -0.3 is 15.0 Å². The number of hydrogen-bond donors (Lipinski definition) is 2. The van der Waals surface area contributed by atoms with Gasteiger partial charge in [-0.1, -0.05) is 24.3 Å². The number of carbonyl (C=O) groups is 1. The highest BCUT2D eigenvalue weighted by Crippen LogP contribution is 2.21. The van der Waals surface area contributed by atoms with Gasteiger partial charge in [-0.15, -0.1) is 11.8 Å². The Balaban J connectivity index is 1.47. The molecule has 1 aliphatic heterocycles. The summed E-state index contributed by atoms with van der Waals surface area (Å²) in [5.41, 5.74) is 2.59. The van der Waals surface area contributed by atoms with Gasteiger partial charge in [-0.05, 0) is 29.8 Å². The molecule has 1 fully saturated rings. The number of carbonyl (C=O) groups excluding carboxylic acids is 1. The summed E-state index contributed by atoms with van der Waals surface area (Å²) in [6.45, 7) is 4.19. The summed E-state index contributed by atoms with van der Waals surface area (Å²) in [5, 5.41) is 3.06. The van der Waals surface area contributed by atoms with Crippen molar-refractivity contribution in [2.24, 2.45) is 0 Å². The Labute approximate surface area is 159 Å². The average molecular weight is 372 g/mol. The van der Waals surface area contributed by atoms with Crippen LogP contribution in [0.3, 0.4) is 0 Å². The van der Waals surface area contributed by atoms with E-state index in [9.17, 15) is 4.79 Å². The molecule has 0 unspecified atom stereocenters. The fourth-order valence-corrected chi connectivity index (χ4v) is 4.02. The molecule has 1 amide bonds. The summed E-state index contributed by atoms with van der Waals surface area (Å²) < 4.78 is 5.15. The van der Waals surface area contributed by atoms with Crippen LogP contribution in [0.25, 0.3) is 0 Å². The molecule has 2 aromatic carbocycles. The second kappa shape index (κ2) is 9.64. The molecule has 0 saturated carbocycles. The predicted molar refractivity (Wildman–Crippen MR) is 106 cm³/mol. The summed E-state index contributed by atoms with van der Waals surface area (Å²) in [6.07, 6.45) is 2.66. The molecule has 0 aromatic heterocycles. The monoisotopic (exact) mass is 371 g/mol. The Bertz CT molecular complexity index is 712. The third-order valence-electron chi connectivity index (χ3n) is 4.77. The van der Waals surface area contributed by atoms with E-state index < -0.39 is 0 Å². The Morgan fingerprint density at radius 2 is 1.77 bits per heavy atom. The van der Waals surface area contributed by atoms with Gasteiger partial charge in [0, 0.05) is 29.8 Å². The number of amides is 1. The second-order valence-electron chi connectivity index (χ2n) is 6.64. The van der Waals surface area contributed by atoms with E-state index in [2.05, 4.69) is 29.6 Å². The SMILES string of the molecule is COc1ccc(SCC(=O)NCc2ccccc2C[NH+]2CCCC2)cc1. The van der Waals surface area contributed by atoms with Crippen LogP contribution in [0, 0.1) is 0 Å². The van der Waals surface area contributed by atoms with E-state index in [1.165, 1.54) is 37.1 Å². The largest absolute Gasteiger partial charge is 0.497 e. The van der Waals surface area contributed by atoms with Crippen LogP contribution in [0.2, 0.25) is 0 Å². The van der Waals surface area contributed by atoms with E-state index in [0.717, 1.165) is 17.2 Å². The zero-order valence-corrected chi connectivity index (χ0v) is 16.1. The van der Waals surface area contributed by atoms with E-state index in [4.69, 9.17) is 4.74 Å². The highest BCUT2D eigenvalue weighted by molar-refractivity contribution is 8.00. The quantitative estimate of drug-likeness (QED) is 0.700. The minimum Gasteiger partial charge on any atom is -0.497 e. The fraction of sp³-hybridized carbons (Fsp3) is 0.381. The van der Waals surface area contributed by atoms with E-state index >= 15 is 0 Å². The molecule has 138 valence electrons. The molecule has 0 bridgehead atoms. The first-order valence-corrected chi connectivity index (χ1v) is 10.2. The molecule has 0 spiro atoms. The van der Waals surface area contributed by atoms with Gasteiger partial charge in [-0.25, -0.2) is 0 Å². The first kappa shape index (κ1) is 18.8. The highest BCUT2D eigenvalue weighted by Gasteiger charge is 2.17. The van der Waals surface area contributed by atoms with Crippen molar-refractivity contribution in [3.05, 3.63) is 59.7 Å². The second-order valence-corrected chi connectivity index (χ2v) is 7.69. The molecule has 0 atom stereocenters. The van der Waals surface area contributed by atoms with Crippen LogP contribution >= 0.6 is 11.8 Å². The van der Waals surface area contributed by atoms with Crippen molar-refractivity contribution >= 4 is 17.7 Å². The van der Waals surface area contributed by atoms with Gasteiger partial charge in [0.1, 0.15) is 12.3 Å². The molecule has 5 heteroatoms. The van der Waals surface area contributed by atoms with Crippen molar-refractivity contribution < 1.29 is 14.4 Å². The molecular formula is C21H27N2O2S+. The summed E-state index contributed by atoms with van der Waals surface area (Å²) >= 11 is 1.54. The van der Waals surface area contributed by atoms with Gasteiger partial charge >= 0.3 is 0 Å². The highest BCUT2D eigenvalue weighted by atomic mass is 32.2. The normalized spacial score (nSPS) is 14.3. The van der Waals surface area contributed by atoms with E-state index in [0.29, 0.717) is 12.3 Å². The Morgan fingerprint density at radius 3 is 2.46 bits per heavy atom. The maximum atomic E-state index is 12.2. The third kappa shape index (κ3) is 5.51. The van der Waals surface area contributed by atoms with Crippen LogP contribution < -0.4 is 15.0 Å². The Hall–Kier alpha value is -1.98. The maximum absolute atomic E-state index is 12.2. The number of ether oxygens (including phenoxy) is 1. The van der Waals surface area contributed by atoms with Crippen molar-refractivity contribution in [3.63, 3.8) is 0 Å². The van der Waals surface area contributed by atoms with Crippen LogP contribution in [0.4, 0.5) is 0 Å². The first-order valence-electron chi connectivity index (χ1n) is 9.18. The summed E-state index contributed by atoms with van der Waals surface area (Å²) in [7, 11) is 1.65. The van der Waals surface area contributed by atoms with E-state index in [-0.39, 0.29) is 5.91 Å². The molecule has 0 radical (unpaired) electrons. The number of likely N-dealkylation sites (tertiary alicyclic amines) is 1. The van der Waals surface area contributed by atoms with Gasteiger partial charge in [0.25, 0.3) is 0 Å². The van der Waals surface area contributed by atoms with Crippen LogP contribution in [0.15, 0.2) is 53.4 Å².